The van der Waals surface area contributed by atoms with Crippen LogP contribution in [0.5, 0.6) is 0 Å². The van der Waals surface area contributed by atoms with Crippen molar-refractivity contribution in [3.63, 3.8) is 0 Å². The molecule has 10 heteroatoms. The minimum Gasteiger partial charge on any atom is -0.396 e. The quantitative estimate of drug-likeness (QED) is 0.213. The van der Waals surface area contributed by atoms with Crippen LogP contribution < -0.4 is 0 Å². The third-order valence-electron chi connectivity index (χ3n) is 3.77. The second-order valence-electron chi connectivity index (χ2n) is 6.37. The summed E-state index contributed by atoms with van der Waals surface area (Å²) < 4.78 is 0. The van der Waals surface area contributed by atoms with E-state index >= 15 is 0 Å². The highest BCUT2D eigenvalue weighted by Gasteiger charge is 2.27. The van der Waals surface area contributed by atoms with Gasteiger partial charge in [0, 0.05) is 5.75 Å². The monoisotopic (exact) mass is 448 g/mol. The highest BCUT2D eigenvalue weighted by Crippen LogP contribution is 2.27. The van der Waals surface area contributed by atoms with Gasteiger partial charge in [0.05, 0.1) is 63.7 Å². The van der Waals surface area contributed by atoms with Crippen LogP contribution in [0, 0.1) is 10.8 Å². The van der Waals surface area contributed by atoms with Crippen molar-refractivity contribution in [2.24, 2.45) is 10.8 Å². The van der Waals surface area contributed by atoms with Crippen LogP contribution >= 0.6 is 21.6 Å². The van der Waals surface area contributed by atoms with Gasteiger partial charge in [-0.2, -0.15) is 0 Å². The lowest BCUT2D eigenvalue weighted by molar-refractivity contribution is -0.0332. The first-order chi connectivity index (χ1) is 13.4. The minimum atomic E-state index is -1.11. The average Bonchev–Trinajstić information content (AvgIpc) is 3.34. The lowest BCUT2D eigenvalue weighted by atomic mass is 9.93. The largest absolute Gasteiger partial charge is 0.396 e. The van der Waals surface area contributed by atoms with Gasteiger partial charge in [-0.05, 0) is 5.41 Å². The van der Waals surface area contributed by atoms with Crippen molar-refractivity contribution < 1.29 is 40.9 Å². The maximum absolute atomic E-state index is 8.50. The van der Waals surface area contributed by atoms with Gasteiger partial charge in [-0.3, -0.25) is 0 Å². The maximum Gasteiger partial charge on any atom is 0.0627 e. The molecule has 0 aromatic carbocycles. The molecule has 0 aromatic heterocycles. The SMILES string of the molecule is C1=CSSC1.CCCCC.OCC(CO)(CO)CO.OCC(CO)(CO)CO. The first kappa shape index (κ1) is 32.8. The maximum atomic E-state index is 8.50. The molecule has 8 N–H and O–H groups in total. The fourth-order valence-corrected chi connectivity index (χ4v) is 2.72. The van der Waals surface area contributed by atoms with Gasteiger partial charge in [0.25, 0.3) is 0 Å². The Morgan fingerprint density at radius 1 is 0.643 bits per heavy atom. The molecule has 0 bridgehead atoms. The van der Waals surface area contributed by atoms with E-state index < -0.39 is 63.7 Å². The number of aliphatic hydroxyl groups excluding tert-OH is 8. The van der Waals surface area contributed by atoms with Gasteiger partial charge >= 0.3 is 0 Å². The molecule has 1 rings (SSSR count). The smallest absolute Gasteiger partial charge is 0.0627 e. The van der Waals surface area contributed by atoms with Crippen LogP contribution in [0.3, 0.4) is 0 Å². The Bertz CT molecular complexity index is 262. The topological polar surface area (TPSA) is 162 Å². The van der Waals surface area contributed by atoms with Crippen LogP contribution in [-0.2, 0) is 0 Å². The van der Waals surface area contributed by atoms with Gasteiger partial charge in [-0.25, -0.2) is 0 Å². The van der Waals surface area contributed by atoms with E-state index in [4.69, 9.17) is 40.9 Å². The number of hydrogen-bond donors (Lipinski definition) is 8. The van der Waals surface area contributed by atoms with Gasteiger partial charge < -0.3 is 40.9 Å². The van der Waals surface area contributed by atoms with Gasteiger partial charge in [0.2, 0.25) is 0 Å². The van der Waals surface area contributed by atoms with Crippen LogP contribution in [0.15, 0.2) is 11.5 Å². The average molecular weight is 449 g/mol. The molecule has 1 heterocycles. The van der Waals surface area contributed by atoms with Crippen molar-refractivity contribution in [2.75, 3.05) is 58.6 Å². The number of unbranched alkanes of at least 4 members (excludes halogenated alkanes) is 2. The van der Waals surface area contributed by atoms with Crippen LogP contribution in [0.4, 0.5) is 0 Å². The summed E-state index contributed by atoms with van der Waals surface area (Å²) in [6, 6.07) is 0. The van der Waals surface area contributed by atoms with Crippen molar-refractivity contribution >= 4 is 21.6 Å². The summed E-state index contributed by atoms with van der Waals surface area (Å²) in [5, 5.41) is 70.1. The van der Waals surface area contributed by atoms with E-state index in [1.807, 2.05) is 21.6 Å². The lowest BCUT2D eigenvalue weighted by Gasteiger charge is -2.23. The van der Waals surface area contributed by atoms with E-state index in [1.165, 1.54) is 25.0 Å². The zero-order chi connectivity index (χ0) is 22.3. The van der Waals surface area contributed by atoms with E-state index in [2.05, 4.69) is 25.3 Å². The van der Waals surface area contributed by atoms with Crippen LogP contribution in [-0.4, -0.2) is 99.5 Å². The fraction of sp³-hybridized carbons (Fsp3) is 0.889. The Morgan fingerprint density at radius 2 is 0.964 bits per heavy atom. The Hall–Kier alpha value is 0.120. The molecular formula is C18H40O8S2. The molecule has 1 aliphatic rings. The van der Waals surface area contributed by atoms with Gasteiger partial charge in [-0.15, -0.1) is 0 Å². The lowest BCUT2D eigenvalue weighted by Crippen LogP contribution is -2.37. The van der Waals surface area contributed by atoms with Crippen LogP contribution in [0.1, 0.15) is 33.1 Å². The van der Waals surface area contributed by atoms with Crippen LogP contribution in [0.2, 0.25) is 0 Å². The van der Waals surface area contributed by atoms with Crippen LogP contribution in [0.25, 0.3) is 0 Å². The summed E-state index contributed by atoms with van der Waals surface area (Å²) in [5.41, 5.74) is -2.22. The van der Waals surface area contributed by atoms with Gasteiger partial charge in [0.15, 0.2) is 0 Å². The highest BCUT2D eigenvalue weighted by atomic mass is 33.1. The zero-order valence-electron chi connectivity index (χ0n) is 17.0. The Kier molecular flexibility index (Phi) is 27.4. The van der Waals surface area contributed by atoms with Crippen molar-refractivity contribution in [3.8, 4) is 0 Å². The van der Waals surface area contributed by atoms with Crippen molar-refractivity contribution in [2.45, 2.75) is 33.1 Å². The van der Waals surface area contributed by atoms with Gasteiger partial charge in [0.1, 0.15) is 0 Å². The molecule has 0 atom stereocenters. The van der Waals surface area contributed by atoms with E-state index in [-0.39, 0.29) is 0 Å². The first-order valence-electron chi connectivity index (χ1n) is 9.21. The van der Waals surface area contributed by atoms with Crippen molar-refractivity contribution in [3.05, 3.63) is 11.5 Å². The summed E-state index contributed by atoms with van der Waals surface area (Å²) >= 11 is 0. The Labute approximate surface area is 176 Å². The normalized spacial score (nSPS) is 12.9. The standard InChI is InChI=1S/2C5H12O4.C5H12.C3H4S2/c2*6-1-5(2-7,3-8)4-9;1-3-5-4-2;1-2-4-5-3-1/h2*6-9H,1-4H2;3-5H2,1-2H3;1-2H,3H2. The van der Waals surface area contributed by atoms with Crippen molar-refractivity contribution in [1.82, 2.24) is 0 Å². The third-order valence-corrected chi connectivity index (χ3v) is 5.69. The summed E-state index contributed by atoms with van der Waals surface area (Å²) in [5.74, 6) is 1.20. The van der Waals surface area contributed by atoms with Crippen molar-refractivity contribution in [1.29, 1.82) is 0 Å². The first-order valence-corrected chi connectivity index (χ1v) is 11.6. The molecule has 0 saturated heterocycles. The van der Waals surface area contributed by atoms with E-state index in [1.54, 1.807) is 0 Å². The minimum absolute atomic E-state index is 0.406. The fourth-order valence-electron chi connectivity index (χ4n) is 1.15. The molecule has 0 aliphatic carbocycles. The molecule has 28 heavy (non-hydrogen) atoms. The molecule has 8 nitrogen and oxygen atoms in total. The van der Waals surface area contributed by atoms with E-state index in [0.717, 1.165) is 0 Å². The Balaban J connectivity index is -0.000000308. The molecule has 0 unspecified atom stereocenters. The third kappa shape index (κ3) is 17.0. The van der Waals surface area contributed by atoms with E-state index in [0.29, 0.717) is 0 Å². The summed E-state index contributed by atoms with van der Waals surface area (Å²) in [7, 11) is 3.69. The highest BCUT2D eigenvalue weighted by molar-refractivity contribution is 8.78. The molecule has 0 saturated carbocycles. The molecule has 0 fully saturated rings. The number of aliphatic hydroxyl groups is 8. The number of hydrogen-bond acceptors (Lipinski definition) is 10. The summed E-state index contributed by atoms with van der Waals surface area (Å²) in [6.45, 7) is 1.17. The molecule has 0 radical (unpaired) electrons. The molecular weight excluding hydrogens is 408 g/mol. The molecule has 0 spiro atoms. The number of rotatable bonds is 10. The van der Waals surface area contributed by atoms with Gasteiger partial charge in [-0.1, -0.05) is 60.8 Å². The Morgan fingerprint density at radius 3 is 1.00 bits per heavy atom. The summed E-state index contributed by atoms with van der Waals surface area (Å²) in [6.07, 6.45) is 6.24. The second kappa shape index (κ2) is 23.4. The zero-order valence-corrected chi connectivity index (χ0v) is 18.7. The predicted octanol–water partition coefficient (Wildman–Crippen LogP) is -0.0244. The molecule has 172 valence electrons. The molecule has 0 amide bonds. The predicted molar refractivity (Wildman–Crippen MR) is 116 cm³/mol. The molecule has 0 aromatic rings. The van der Waals surface area contributed by atoms with E-state index in [9.17, 15) is 0 Å². The second-order valence-corrected chi connectivity index (χ2v) is 8.69. The molecule has 1 aliphatic heterocycles. The summed E-state index contributed by atoms with van der Waals surface area (Å²) in [4.78, 5) is 0.